The van der Waals surface area contributed by atoms with Crippen LogP contribution < -0.4 is 10.6 Å². The maximum Gasteiger partial charge on any atom is 0.315 e. The van der Waals surface area contributed by atoms with Crippen molar-refractivity contribution >= 4 is 28.4 Å². The zero-order valence-electron chi connectivity index (χ0n) is 11.4. The fourth-order valence-corrected chi connectivity index (χ4v) is 2.82. The van der Waals surface area contributed by atoms with Crippen molar-refractivity contribution in [3.8, 4) is 0 Å². The van der Waals surface area contributed by atoms with Gasteiger partial charge in [0.2, 0.25) is 0 Å². The number of nitrogens with zero attached hydrogens (tertiary/aromatic N) is 1. The molecule has 0 aliphatic heterocycles. The number of nitro benzene ring substituents is 1. The van der Waals surface area contributed by atoms with Crippen LogP contribution in [0.1, 0.15) is 12.5 Å². The van der Waals surface area contributed by atoms with Crippen LogP contribution in [0.2, 0.25) is 0 Å². The highest BCUT2D eigenvalue weighted by atomic mass is 32.1. The third-order valence-corrected chi connectivity index (χ3v) is 3.74. The van der Waals surface area contributed by atoms with E-state index in [-0.39, 0.29) is 16.7 Å². The minimum absolute atomic E-state index is 0.0900. The van der Waals surface area contributed by atoms with Crippen molar-refractivity contribution in [1.29, 1.82) is 0 Å². The summed E-state index contributed by atoms with van der Waals surface area (Å²) in [7, 11) is 1.68. The number of benzene rings is 1. The number of rotatable bonds is 6. The SMILES string of the molecule is CNc1cccc(NC(C)Cc2ccsc2)c1[N+](=O)[O-]. The Morgan fingerprint density at radius 1 is 1.35 bits per heavy atom. The molecule has 2 N–H and O–H groups in total. The molecule has 2 aromatic rings. The molecule has 1 aromatic heterocycles. The van der Waals surface area contributed by atoms with Gasteiger partial charge in [-0.1, -0.05) is 6.07 Å². The first-order chi connectivity index (χ1) is 9.61. The van der Waals surface area contributed by atoms with E-state index >= 15 is 0 Å². The van der Waals surface area contributed by atoms with Gasteiger partial charge < -0.3 is 10.6 Å². The van der Waals surface area contributed by atoms with Crippen molar-refractivity contribution in [2.24, 2.45) is 0 Å². The second-order valence-electron chi connectivity index (χ2n) is 4.59. The molecule has 20 heavy (non-hydrogen) atoms. The second-order valence-corrected chi connectivity index (χ2v) is 5.37. The standard InChI is InChI=1S/C14H17N3O2S/c1-10(8-11-6-7-20-9-11)16-13-5-3-4-12(15-2)14(13)17(18)19/h3-7,9-10,15-16H,8H2,1-2H3. The predicted octanol–water partition coefficient (Wildman–Crippen LogP) is 3.74. The molecule has 0 spiro atoms. The van der Waals surface area contributed by atoms with E-state index in [1.807, 2.05) is 12.3 Å². The van der Waals surface area contributed by atoms with Crippen LogP contribution in [0.3, 0.4) is 0 Å². The van der Waals surface area contributed by atoms with Gasteiger partial charge in [-0.15, -0.1) is 0 Å². The van der Waals surface area contributed by atoms with E-state index in [0.29, 0.717) is 11.4 Å². The van der Waals surface area contributed by atoms with Crippen LogP contribution in [-0.4, -0.2) is 18.0 Å². The lowest BCUT2D eigenvalue weighted by Gasteiger charge is -2.15. The summed E-state index contributed by atoms with van der Waals surface area (Å²) >= 11 is 1.66. The smallest absolute Gasteiger partial charge is 0.315 e. The molecule has 1 aromatic carbocycles. The van der Waals surface area contributed by atoms with Crippen molar-refractivity contribution < 1.29 is 4.92 Å². The van der Waals surface area contributed by atoms with Crippen LogP contribution in [0.25, 0.3) is 0 Å². The van der Waals surface area contributed by atoms with Crippen LogP contribution in [-0.2, 0) is 6.42 Å². The van der Waals surface area contributed by atoms with Gasteiger partial charge in [0.05, 0.1) is 4.92 Å². The van der Waals surface area contributed by atoms with Crippen LogP contribution in [0.4, 0.5) is 17.1 Å². The lowest BCUT2D eigenvalue weighted by Crippen LogP contribution is -2.18. The fourth-order valence-electron chi connectivity index (χ4n) is 2.14. The van der Waals surface area contributed by atoms with Gasteiger partial charge in [0.1, 0.15) is 11.4 Å². The Hall–Kier alpha value is -2.08. The monoisotopic (exact) mass is 291 g/mol. The zero-order valence-corrected chi connectivity index (χ0v) is 12.2. The van der Waals surface area contributed by atoms with E-state index in [2.05, 4.69) is 22.1 Å². The average Bonchev–Trinajstić information content (AvgIpc) is 2.90. The second kappa shape index (κ2) is 6.38. The summed E-state index contributed by atoms with van der Waals surface area (Å²) in [6.07, 6.45) is 0.838. The number of para-hydroxylation sites is 1. The summed E-state index contributed by atoms with van der Waals surface area (Å²) in [5.74, 6) is 0. The largest absolute Gasteiger partial charge is 0.382 e. The Balaban J connectivity index is 2.18. The molecule has 0 fully saturated rings. The van der Waals surface area contributed by atoms with E-state index in [0.717, 1.165) is 6.42 Å². The van der Waals surface area contributed by atoms with Gasteiger partial charge >= 0.3 is 5.69 Å². The average molecular weight is 291 g/mol. The van der Waals surface area contributed by atoms with E-state index < -0.39 is 0 Å². The Morgan fingerprint density at radius 2 is 2.10 bits per heavy atom. The number of nitro groups is 1. The molecule has 6 heteroatoms. The van der Waals surface area contributed by atoms with Crippen molar-refractivity contribution in [1.82, 2.24) is 0 Å². The van der Waals surface area contributed by atoms with Gasteiger partial charge in [-0.2, -0.15) is 11.3 Å². The highest BCUT2D eigenvalue weighted by Gasteiger charge is 2.20. The van der Waals surface area contributed by atoms with Crippen LogP contribution in [0.5, 0.6) is 0 Å². The summed E-state index contributed by atoms with van der Waals surface area (Å²) in [6, 6.07) is 7.44. The molecular weight excluding hydrogens is 274 g/mol. The first-order valence-electron chi connectivity index (χ1n) is 6.34. The molecule has 2 rings (SSSR count). The van der Waals surface area contributed by atoms with E-state index in [9.17, 15) is 10.1 Å². The Kier molecular flexibility index (Phi) is 4.57. The Bertz CT molecular complexity index is 584. The molecule has 0 aliphatic rings. The first-order valence-corrected chi connectivity index (χ1v) is 7.29. The number of hydrogen-bond acceptors (Lipinski definition) is 5. The lowest BCUT2D eigenvalue weighted by molar-refractivity contribution is -0.383. The zero-order chi connectivity index (χ0) is 14.5. The van der Waals surface area contributed by atoms with Gasteiger partial charge in [0.15, 0.2) is 0 Å². The molecule has 106 valence electrons. The normalized spacial score (nSPS) is 11.9. The summed E-state index contributed by atoms with van der Waals surface area (Å²) in [6.45, 7) is 2.02. The number of hydrogen-bond donors (Lipinski definition) is 2. The minimum Gasteiger partial charge on any atom is -0.382 e. The number of thiophene rings is 1. The predicted molar refractivity (Wildman–Crippen MR) is 83.8 cm³/mol. The van der Waals surface area contributed by atoms with Gasteiger partial charge in [0, 0.05) is 13.1 Å². The van der Waals surface area contributed by atoms with Crippen LogP contribution in [0, 0.1) is 10.1 Å². The molecule has 1 unspecified atom stereocenters. The fraction of sp³-hybridized carbons (Fsp3) is 0.286. The van der Waals surface area contributed by atoms with Crippen LogP contribution in [0.15, 0.2) is 35.0 Å². The maximum absolute atomic E-state index is 11.2. The van der Waals surface area contributed by atoms with Crippen molar-refractivity contribution in [3.05, 3.63) is 50.7 Å². The third kappa shape index (κ3) is 3.27. The molecule has 0 radical (unpaired) electrons. The number of nitrogens with one attached hydrogen (secondary N) is 2. The quantitative estimate of drug-likeness (QED) is 0.628. The molecule has 0 aliphatic carbocycles. The highest BCUT2D eigenvalue weighted by molar-refractivity contribution is 7.07. The van der Waals surface area contributed by atoms with Crippen molar-refractivity contribution in [2.75, 3.05) is 17.7 Å². The molecular formula is C14H17N3O2S. The van der Waals surface area contributed by atoms with E-state index in [4.69, 9.17) is 0 Å². The molecule has 5 nitrogen and oxygen atoms in total. The van der Waals surface area contributed by atoms with Crippen molar-refractivity contribution in [3.63, 3.8) is 0 Å². The lowest BCUT2D eigenvalue weighted by atomic mass is 10.1. The summed E-state index contributed by atoms with van der Waals surface area (Å²) in [5.41, 5.74) is 2.39. The Morgan fingerprint density at radius 3 is 2.70 bits per heavy atom. The highest BCUT2D eigenvalue weighted by Crippen LogP contribution is 2.33. The van der Waals surface area contributed by atoms with Crippen molar-refractivity contribution in [2.45, 2.75) is 19.4 Å². The Labute approximate surface area is 121 Å². The molecule has 0 saturated carbocycles. The molecule has 1 heterocycles. The van der Waals surface area contributed by atoms with Gasteiger partial charge in [0.25, 0.3) is 0 Å². The van der Waals surface area contributed by atoms with Crippen LogP contribution >= 0.6 is 11.3 Å². The number of anilines is 2. The van der Waals surface area contributed by atoms with Gasteiger partial charge in [-0.05, 0) is 47.9 Å². The summed E-state index contributed by atoms with van der Waals surface area (Å²) in [4.78, 5) is 10.9. The van der Waals surface area contributed by atoms with Gasteiger partial charge in [-0.3, -0.25) is 10.1 Å². The molecule has 0 amide bonds. The minimum atomic E-state index is -0.356. The molecule has 1 atom stereocenters. The molecule has 0 bridgehead atoms. The first kappa shape index (κ1) is 14.3. The summed E-state index contributed by atoms with van der Waals surface area (Å²) in [5, 5.41) is 21.4. The van der Waals surface area contributed by atoms with E-state index in [1.54, 1.807) is 36.6 Å². The summed E-state index contributed by atoms with van der Waals surface area (Å²) < 4.78 is 0. The van der Waals surface area contributed by atoms with Gasteiger partial charge in [-0.25, -0.2) is 0 Å². The topological polar surface area (TPSA) is 67.2 Å². The molecule has 0 saturated heterocycles. The maximum atomic E-state index is 11.2. The third-order valence-electron chi connectivity index (χ3n) is 3.01. The van der Waals surface area contributed by atoms with E-state index in [1.165, 1.54) is 5.56 Å².